The lowest BCUT2D eigenvalue weighted by Gasteiger charge is -2.18. The Balaban J connectivity index is 1.99. The molecule has 0 spiro atoms. The van der Waals surface area contributed by atoms with Crippen LogP contribution in [0.4, 0.5) is 0 Å². The highest BCUT2D eigenvalue weighted by Gasteiger charge is 2.36. The number of likely N-dealkylation sites (tertiary alicyclic amines) is 1. The van der Waals surface area contributed by atoms with Crippen LogP contribution in [0.15, 0.2) is 29.1 Å². The van der Waals surface area contributed by atoms with E-state index in [1.807, 2.05) is 19.1 Å². The number of aryl methyl sites for hydroxylation is 1. The second-order valence-corrected chi connectivity index (χ2v) is 6.98. The Hall–Kier alpha value is -2.25. The molecular weight excluding hydrogens is 344 g/mol. The Morgan fingerprint density at radius 1 is 1.26 bits per heavy atom. The maximum absolute atomic E-state index is 13.3. The molecule has 0 aliphatic carbocycles. The number of benzene rings is 1. The van der Waals surface area contributed by atoms with Crippen molar-refractivity contribution in [1.82, 2.24) is 14.7 Å². The van der Waals surface area contributed by atoms with E-state index >= 15 is 0 Å². The van der Waals surface area contributed by atoms with Gasteiger partial charge in [-0.05, 0) is 26.0 Å². The molecule has 7 heteroatoms. The predicted octanol–water partition coefficient (Wildman–Crippen LogP) is 1.63. The van der Waals surface area contributed by atoms with Crippen molar-refractivity contribution in [2.24, 2.45) is 11.7 Å². The summed E-state index contributed by atoms with van der Waals surface area (Å²) in [6, 6.07) is 7.19. The summed E-state index contributed by atoms with van der Waals surface area (Å²) >= 11 is 0. The maximum atomic E-state index is 13.3. The van der Waals surface area contributed by atoms with Crippen LogP contribution in [0.5, 0.6) is 0 Å². The molecule has 1 amide bonds. The van der Waals surface area contributed by atoms with E-state index in [0.717, 1.165) is 12.8 Å². The topological polar surface area (TPSA) is 90.5 Å². The summed E-state index contributed by atoms with van der Waals surface area (Å²) in [5, 5.41) is 5.58. The van der Waals surface area contributed by atoms with E-state index in [1.54, 1.807) is 17.0 Å². The third kappa shape index (κ3) is 3.89. The monoisotopic (exact) mass is 372 g/mol. The fraction of sp³-hybridized carbons (Fsp3) is 0.550. The summed E-state index contributed by atoms with van der Waals surface area (Å²) in [6.07, 6.45) is 1.73. The fourth-order valence-corrected chi connectivity index (χ4v) is 3.64. The third-order valence-electron chi connectivity index (χ3n) is 5.15. The number of fused-ring (bicyclic) bond motifs is 1. The summed E-state index contributed by atoms with van der Waals surface area (Å²) in [6.45, 7) is 6.61. The van der Waals surface area contributed by atoms with Crippen LogP contribution in [0.1, 0.15) is 37.2 Å². The lowest BCUT2D eigenvalue weighted by molar-refractivity contribution is 0.0431. The number of nitrogens with zero attached hydrogens (tertiary/aromatic N) is 3. The zero-order valence-electron chi connectivity index (χ0n) is 16.1. The number of ether oxygens (including phenoxy) is 1. The average molecular weight is 372 g/mol. The SMILES string of the molecule is CCCCn1nc(C(=O)N2C[C@@H](CN)[C@H](OCC)C2)c2ccccc2c1=O. The molecule has 0 saturated carbocycles. The standard InChI is InChI=1S/C20H28N4O3/c1-3-5-10-24-19(25)16-9-7-6-8-15(16)18(22-24)20(26)23-12-14(11-21)17(13-23)27-4-2/h6-9,14,17H,3-5,10-13,21H2,1-2H3/t14-,17-/m1/s1. The van der Waals surface area contributed by atoms with Crippen molar-refractivity contribution in [3.63, 3.8) is 0 Å². The van der Waals surface area contributed by atoms with Gasteiger partial charge in [0.15, 0.2) is 5.69 Å². The van der Waals surface area contributed by atoms with Crippen LogP contribution in [-0.2, 0) is 11.3 Å². The lowest BCUT2D eigenvalue weighted by Crippen LogP contribution is -2.34. The number of rotatable bonds is 7. The second kappa shape index (κ2) is 8.63. The first-order chi connectivity index (χ1) is 13.1. The molecule has 2 N–H and O–H groups in total. The van der Waals surface area contributed by atoms with Gasteiger partial charge < -0.3 is 15.4 Å². The van der Waals surface area contributed by atoms with Gasteiger partial charge in [-0.1, -0.05) is 31.5 Å². The number of carbonyl (C=O) groups is 1. The second-order valence-electron chi connectivity index (χ2n) is 6.98. The van der Waals surface area contributed by atoms with Crippen LogP contribution in [0.2, 0.25) is 0 Å². The molecule has 2 heterocycles. The molecule has 7 nitrogen and oxygen atoms in total. The molecule has 3 rings (SSSR count). The van der Waals surface area contributed by atoms with E-state index in [-0.39, 0.29) is 23.5 Å². The highest BCUT2D eigenvalue weighted by atomic mass is 16.5. The molecule has 1 fully saturated rings. The molecule has 146 valence electrons. The van der Waals surface area contributed by atoms with Crippen LogP contribution < -0.4 is 11.3 Å². The molecule has 1 saturated heterocycles. The Labute approximate surface area is 159 Å². The molecule has 1 aliphatic rings. The van der Waals surface area contributed by atoms with Crippen molar-refractivity contribution in [3.8, 4) is 0 Å². The molecule has 0 radical (unpaired) electrons. The number of nitrogens with two attached hydrogens (primary N) is 1. The molecular formula is C20H28N4O3. The van der Waals surface area contributed by atoms with Gasteiger partial charge in [-0.25, -0.2) is 4.68 Å². The van der Waals surface area contributed by atoms with E-state index in [2.05, 4.69) is 12.0 Å². The van der Waals surface area contributed by atoms with Crippen molar-refractivity contribution < 1.29 is 9.53 Å². The first-order valence-electron chi connectivity index (χ1n) is 9.71. The van der Waals surface area contributed by atoms with Gasteiger partial charge in [-0.15, -0.1) is 0 Å². The van der Waals surface area contributed by atoms with E-state index in [4.69, 9.17) is 10.5 Å². The molecule has 2 aromatic rings. The number of hydrogen-bond donors (Lipinski definition) is 1. The van der Waals surface area contributed by atoms with Crippen LogP contribution in [-0.4, -0.2) is 52.9 Å². The van der Waals surface area contributed by atoms with Gasteiger partial charge >= 0.3 is 0 Å². The molecule has 1 aliphatic heterocycles. The summed E-state index contributed by atoms with van der Waals surface area (Å²) in [7, 11) is 0. The highest BCUT2D eigenvalue weighted by Crippen LogP contribution is 2.23. The van der Waals surface area contributed by atoms with Gasteiger partial charge in [-0.3, -0.25) is 9.59 Å². The number of hydrogen-bond acceptors (Lipinski definition) is 5. The van der Waals surface area contributed by atoms with Gasteiger partial charge in [0.25, 0.3) is 11.5 Å². The number of carbonyl (C=O) groups excluding carboxylic acids is 1. The fourth-order valence-electron chi connectivity index (χ4n) is 3.64. The molecule has 0 unspecified atom stereocenters. The van der Waals surface area contributed by atoms with Gasteiger partial charge in [0.2, 0.25) is 0 Å². The third-order valence-corrected chi connectivity index (χ3v) is 5.15. The number of amides is 1. The number of unbranched alkanes of at least 4 members (excludes halogenated alkanes) is 1. The Morgan fingerprint density at radius 3 is 2.67 bits per heavy atom. The van der Waals surface area contributed by atoms with Crippen molar-refractivity contribution in [3.05, 3.63) is 40.3 Å². The smallest absolute Gasteiger partial charge is 0.275 e. The normalized spacial score (nSPS) is 19.7. The van der Waals surface area contributed by atoms with Crippen molar-refractivity contribution >= 4 is 16.7 Å². The summed E-state index contributed by atoms with van der Waals surface area (Å²) < 4.78 is 7.18. The molecule has 1 aromatic carbocycles. The largest absolute Gasteiger partial charge is 0.376 e. The van der Waals surface area contributed by atoms with Crippen LogP contribution >= 0.6 is 0 Å². The zero-order chi connectivity index (χ0) is 19.4. The first kappa shape index (κ1) is 19.5. The molecule has 2 atom stereocenters. The first-order valence-corrected chi connectivity index (χ1v) is 9.71. The average Bonchev–Trinajstić information content (AvgIpc) is 3.10. The van der Waals surface area contributed by atoms with Crippen molar-refractivity contribution in [2.45, 2.75) is 39.3 Å². The summed E-state index contributed by atoms with van der Waals surface area (Å²) in [5.74, 6) is -0.0525. The number of aromatic nitrogens is 2. The van der Waals surface area contributed by atoms with E-state index < -0.39 is 0 Å². The van der Waals surface area contributed by atoms with Crippen LogP contribution in [0.3, 0.4) is 0 Å². The van der Waals surface area contributed by atoms with Crippen molar-refractivity contribution in [1.29, 1.82) is 0 Å². The van der Waals surface area contributed by atoms with Gasteiger partial charge in [-0.2, -0.15) is 5.10 Å². The highest BCUT2D eigenvalue weighted by molar-refractivity contribution is 6.04. The van der Waals surface area contributed by atoms with Gasteiger partial charge in [0.1, 0.15) is 0 Å². The Morgan fingerprint density at radius 2 is 2.00 bits per heavy atom. The van der Waals surface area contributed by atoms with Gasteiger partial charge in [0, 0.05) is 37.5 Å². The molecule has 27 heavy (non-hydrogen) atoms. The Kier molecular flexibility index (Phi) is 6.23. The zero-order valence-corrected chi connectivity index (χ0v) is 16.1. The van der Waals surface area contributed by atoms with Crippen LogP contribution in [0.25, 0.3) is 10.8 Å². The Bertz CT molecular complexity index is 864. The summed E-state index contributed by atoms with van der Waals surface area (Å²) in [4.78, 5) is 27.7. The van der Waals surface area contributed by atoms with Gasteiger partial charge in [0.05, 0.1) is 11.5 Å². The maximum Gasteiger partial charge on any atom is 0.275 e. The van der Waals surface area contributed by atoms with E-state index in [0.29, 0.717) is 49.3 Å². The van der Waals surface area contributed by atoms with Crippen LogP contribution in [0, 0.1) is 5.92 Å². The molecule has 0 bridgehead atoms. The minimum atomic E-state index is -0.169. The molecule has 1 aromatic heterocycles. The minimum Gasteiger partial charge on any atom is -0.376 e. The lowest BCUT2D eigenvalue weighted by atomic mass is 10.1. The summed E-state index contributed by atoms with van der Waals surface area (Å²) in [5.41, 5.74) is 6.04. The minimum absolute atomic E-state index is 0.0544. The van der Waals surface area contributed by atoms with Crippen molar-refractivity contribution in [2.75, 3.05) is 26.2 Å². The van der Waals surface area contributed by atoms with E-state index in [9.17, 15) is 9.59 Å². The quantitative estimate of drug-likeness (QED) is 0.798. The predicted molar refractivity (Wildman–Crippen MR) is 105 cm³/mol. The van der Waals surface area contributed by atoms with E-state index in [1.165, 1.54) is 4.68 Å².